The Morgan fingerprint density at radius 3 is 2.53 bits per heavy atom. The second-order valence-electron chi connectivity index (χ2n) is 4.75. The van der Waals surface area contributed by atoms with Crippen LogP contribution in [0.3, 0.4) is 0 Å². The maximum absolute atomic E-state index is 12.2. The highest BCUT2D eigenvalue weighted by Gasteiger charge is 2.26. The first-order valence-corrected chi connectivity index (χ1v) is 6.49. The molecule has 1 fully saturated rings. The van der Waals surface area contributed by atoms with E-state index in [4.69, 9.17) is 9.47 Å². The van der Waals surface area contributed by atoms with Crippen molar-refractivity contribution in [1.82, 2.24) is 4.90 Å². The van der Waals surface area contributed by atoms with E-state index in [-0.39, 0.29) is 6.79 Å². The van der Waals surface area contributed by atoms with Crippen molar-refractivity contribution in [2.45, 2.75) is 19.3 Å². The van der Waals surface area contributed by atoms with Crippen molar-refractivity contribution >= 4 is 11.7 Å². The quantitative estimate of drug-likeness (QED) is 0.599. The molecule has 0 saturated carbocycles. The predicted molar refractivity (Wildman–Crippen MR) is 67.3 cm³/mol. The minimum Gasteiger partial charge on any atom is -0.454 e. The number of fused-ring (bicyclic) bond motifs is 1. The van der Waals surface area contributed by atoms with E-state index in [0.717, 1.165) is 19.3 Å². The van der Waals surface area contributed by atoms with E-state index in [0.29, 0.717) is 30.2 Å². The molecule has 3 rings (SSSR count). The van der Waals surface area contributed by atoms with Crippen LogP contribution in [0.4, 0.5) is 0 Å². The first kappa shape index (κ1) is 12.0. The van der Waals surface area contributed by atoms with Gasteiger partial charge in [-0.3, -0.25) is 9.59 Å². The molecule has 5 heteroatoms. The molecule has 0 unspecified atom stereocenters. The third-order valence-electron chi connectivity index (χ3n) is 3.47. The van der Waals surface area contributed by atoms with E-state index in [9.17, 15) is 9.59 Å². The fraction of sp³-hybridized carbons (Fsp3) is 0.429. The number of piperidine rings is 1. The maximum Gasteiger partial charge on any atom is 0.294 e. The summed E-state index contributed by atoms with van der Waals surface area (Å²) in [5, 5.41) is 0. The van der Waals surface area contributed by atoms with Crippen molar-refractivity contribution in [3.8, 4) is 11.5 Å². The van der Waals surface area contributed by atoms with Crippen molar-refractivity contribution in [3.05, 3.63) is 23.8 Å². The van der Waals surface area contributed by atoms with Gasteiger partial charge in [0.05, 0.1) is 0 Å². The Bertz CT molecular complexity index is 520. The van der Waals surface area contributed by atoms with Crippen LogP contribution < -0.4 is 9.47 Å². The summed E-state index contributed by atoms with van der Waals surface area (Å²) in [5.74, 6) is 0.248. The van der Waals surface area contributed by atoms with Gasteiger partial charge >= 0.3 is 0 Å². The molecule has 1 aromatic carbocycles. The summed E-state index contributed by atoms with van der Waals surface area (Å²) in [4.78, 5) is 25.9. The molecule has 0 spiro atoms. The molecule has 1 saturated heterocycles. The van der Waals surface area contributed by atoms with Crippen LogP contribution >= 0.6 is 0 Å². The Hall–Kier alpha value is -2.04. The van der Waals surface area contributed by atoms with Crippen LogP contribution in [0.1, 0.15) is 29.6 Å². The SMILES string of the molecule is O=C(C(=O)N1CCCCC1)c1ccc2c(c1)OCO2. The monoisotopic (exact) mass is 261 g/mol. The summed E-state index contributed by atoms with van der Waals surface area (Å²) < 4.78 is 10.4. The van der Waals surface area contributed by atoms with Gasteiger partial charge in [0.15, 0.2) is 11.5 Å². The molecule has 0 aliphatic carbocycles. The summed E-state index contributed by atoms with van der Waals surface area (Å²) in [6.07, 6.45) is 3.07. The molecule has 0 bridgehead atoms. The predicted octanol–water partition coefficient (Wildman–Crippen LogP) is 1.61. The van der Waals surface area contributed by atoms with E-state index in [1.54, 1.807) is 23.1 Å². The average molecular weight is 261 g/mol. The number of likely N-dealkylation sites (tertiary alicyclic amines) is 1. The zero-order valence-electron chi connectivity index (χ0n) is 10.6. The van der Waals surface area contributed by atoms with Crippen LogP contribution in [-0.2, 0) is 4.79 Å². The number of hydrogen-bond donors (Lipinski definition) is 0. The molecule has 2 heterocycles. The number of ketones is 1. The Kier molecular flexibility index (Phi) is 3.11. The summed E-state index contributed by atoms with van der Waals surface area (Å²) in [5.41, 5.74) is 0.361. The van der Waals surface area contributed by atoms with Gasteiger partial charge in [0.1, 0.15) is 0 Å². The molecule has 5 nitrogen and oxygen atoms in total. The molecule has 1 amide bonds. The average Bonchev–Trinajstić information content (AvgIpc) is 2.94. The Morgan fingerprint density at radius 1 is 1.00 bits per heavy atom. The number of nitrogens with zero attached hydrogens (tertiary/aromatic N) is 1. The van der Waals surface area contributed by atoms with Crippen molar-refractivity contribution in [2.24, 2.45) is 0 Å². The minimum atomic E-state index is -0.472. The second-order valence-corrected chi connectivity index (χ2v) is 4.75. The van der Waals surface area contributed by atoms with Gasteiger partial charge in [0.2, 0.25) is 6.79 Å². The van der Waals surface area contributed by atoms with E-state index >= 15 is 0 Å². The summed E-state index contributed by atoms with van der Waals surface area (Å²) >= 11 is 0. The van der Waals surface area contributed by atoms with Crippen LogP contribution in [0.2, 0.25) is 0 Å². The zero-order chi connectivity index (χ0) is 13.2. The lowest BCUT2D eigenvalue weighted by Crippen LogP contribution is -2.40. The maximum atomic E-state index is 12.2. The molecule has 19 heavy (non-hydrogen) atoms. The van der Waals surface area contributed by atoms with Gasteiger partial charge in [0, 0.05) is 18.7 Å². The van der Waals surface area contributed by atoms with Gasteiger partial charge in [0.25, 0.3) is 11.7 Å². The van der Waals surface area contributed by atoms with Crippen molar-refractivity contribution < 1.29 is 19.1 Å². The number of Topliss-reactive ketones (excluding diaryl/α,β-unsaturated/α-hetero) is 1. The van der Waals surface area contributed by atoms with Crippen LogP contribution in [0.15, 0.2) is 18.2 Å². The van der Waals surface area contributed by atoms with Gasteiger partial charge in [-0.1, -0.05) is 0 Å². The standard InChI is InChI=1S/C14H15NO4/c16-13(14(17)15-6-2-1-3-7-15)10-4-5-11-12(8-10)19-9-18-11/h4-5,8H,1-3,6-7,9H2. The van der Waals surface area contributed by atoms with Crippen LogP contribution in [-0.4, -0.2) is 36.5 Å². The number of carbonyl (C=O) groups excluding carboxylic acids is 2. The fourth-order valence-corrected chi connectivity index (χ4v) is 2.40. The highest BCUT2D eigenvalue weighted by atomic mass is 16.7. The fourth-order valence-electron chi connectivity index (χ4n) is 2.40. The zero-order valence-corrected chi connectivity index (χ0v) is 10.6. The van der Waals surface area contributed by atoms with Crippen LogP contribution in [0, 0.1) is 0 Å². The first-order chi connectivity index (χ1) is 9.25. The topological polar surface area (TPSA) is 55.8 Å². The molecule has 0 N–H and O–H groups in total. The molecule has 0 aromatic heterocycles. The Balaban J connectivity index is 1.77. The lowest BCUT2D eigenvalue weighted by atomic mass is 10.1. The third-order valence-corrected chi connectivity index (χ3v) is 3.47. The normalized spacial score (nSPS) is 17.4. The van der Waals surface area contributed by atoms with Gasteiger partial charge in [-0.2, -0.15) is 0 Å². The molecule has 2 aliphatic heterocycles. The highest BCUT2D eigenvalue weighted by Crippen LogP contribution is 2.32. The molecule has 100 valence electrons. The Morgan fingerprint density at radius 2 is 1.74 bits per heavy atom. The summed E-state index contributed by atoms with van der Waals surface area (Å²) in [6, 6.07) is 4.85. The van der Waals surface area contributed by atoms with Gasteiger partial charge < -0.3 is 14.4 Å². The van der Waals surface area contributed by atoms with E-state index in [2.05, 4.69) is 0 Å². The minimum absolute atomic E-state index is 0.160. The van der Waals surface area contributed by atoms with Crippen LogP contribution in [0.25, 0.3) is 0 Å². The number of ether oxygens (including phenoxy) is 2. The third kappa shape index (κ3) is 2.28. The van der Waals surface area contributed by atoms with Crippen molar-refractivity contribution in [3.63, 3.8) is 0 Å². The van der Waals surface area contributed by atoms with E-state index in [1.807, 2.05) is 0 Å². The van der Waals surface area contributed by atoms with Crippen LogP contribution in [0.5, 0.6) is 11.5 Å². The van der Waals surface area contributed by atoms with Gasteiger partial charge in [-0.05, 0) is 37.5 Å². The van der Waals surface area contributed by atoms with E-state index < -0.39 is 11.7 Å². The lowest BCUT2D eigenvalue weighted by molar-refractivity contribution is -0.127. The summed E-state index contributed by atoms with van der Waals surface area (Å²) in [7, 11) is 0. The number of benzene rings is 1. The van der Waals surface area contributed by atoms with Crippen molar-refractivity contribution in [1.29, 1.82) is 0 Å². The summed E-state index contributed by atoms with van der Waals surface area (Å²) in [6.45, 7) is 1.51. The molecule has 0 atom stereocenters. The van der Waals surface area contributed by atoms with Gasteiger partial charge in [-0.15, -0.1) is 0 Å². The smallest absolute Gasteiger partial charge is 0.294 e. The molecular weight excluding hydrogens is 246 g/mol. The number of rotatable bonds is 2. The lowest BCUT2D eigenvalue weighted by Gasteiger charge is -2.25. The number of hydrogen-bond acceptors (Lipinski definition) is 4. The van der Waals surface area contributed by atoms with Gasteiger partial charge in [-0.25, -0.2) is 0 Å². The highest BCUT2D eigenvalue weighted by molar-refractivity contribution is 6.42. The first-order valence-electron chi connectivity index (χ1n) is 6.49. The largest absolute Gasteiger partial charge is 0.454 e. The second kappa shape index (κ2) is 4.91. The molecular formula is C14H15NO4. The van der Waals surface area contributed by atoms with Crippen molar-refractivity contribution in [2.75, 3.05) is 19.9 Å². The molecule has 1 aromatic rings. The Labute approximate surface area is 111 Å². The molecule has 2 aliphatic rings. The molecule has 0 radical (unpaired) electrons. The number of carbonyl (C=O) groups is 2. The van der Waals surface area contributed by atoms with E-state index in [1.165, 1.54) is 0 Å². The number of amides is 1.